The van der Waals surface area contributed by atoms with Gasteiger partial charge in [0.15, 0.2) is 0 Å². The summed E-state index contributed by atoms with van der Waals surface area (Å²) in [4.78, 5) is 11.4. The lowest BCUT2D eigenvalue weighted by Crippen LogP contribution is -2.33. The Morgan fingerprint density at radius 1 is 0.900 bits per heavy atom. The molecule has 0 aromatic rings. The number of rotatable bonds is 9. The molecule has 0 saturated carbocycles. The summed E-state index contributed by atoms with van der Waals surface area (Å²) >= 11 is 0. The zero-order valence-corrected chi connectivity index (χ0v) is 13.9. The Morgan fingerprint density at radius 3 is 2.05 bits per heavy atom. The molecule has 0 fully saturated rings. The summed E-state index contributed by atoms with van der Waals surface area (Å²) in [6.07, 6.45) is 0.788. The summed E-state index contributed by atoms with van der Waals surface area (Å²) in [7, 11) is 0. The van der Waals surface area contributed by atoms with Crippen LogP contribution in [0.25, 0.3) is 0 Å². The number of hydrogen-bond acceptors (Lipinski definition) is 4. The highest BCUT2D eigenvalue weighted by Gasteiger charge is 2.12. The average molecular weight is 289 g/mol. The third kappa shape index (κ3) is 15.4. The molecular weight excluding hydrogens is 258 g/mol. The number of nitrogens with one attached hydrogen (secondary N) is 1. The van der Waals surface area contributed by atoms with E-state index >= 15 is 0 Å². The topological polar surface area (TPSA) is 56.8 Å². The van der Waals surface area contributed by atoms with Crippen molar-refractivity contribution in [1.29, 1.82) is 0 Å². The lowest BCUT2D eigenvalue weighted by molar-refractivity contribution is -0.130. The highest BCUT2D eigenvalue weighted by Crippen LogP contribution is 2.06. The van der Waals surface area contributed by atoms with Crippen molar-refractivity contribution < 1.29 is 19.0 Å². The lowest BCUT2D eigenvalue weighted by atomic mass is 10.2. The van der Waals surface area contributed by atoms with Gasteiger partial charge in [0.2, 0.25) is 5.91 Å². The maximum atomic E-state index is 11.4. The van der Waals surface area contributed by atoms with Crippen LogP contribution < -0.4 is 5.32 Å². The van der Waals surface area contributed by atoms with E-state index in [0.29, 0.717) is 26.4 Å². The van der Waals surface area contributed by atoms with E-state index in [1.54, 1.807) is 0 Å². The van der Waals surface area contributed by atoms with Gasteiger partial charge in [-0.25, -0.2) is 0 Å². The fraction of sp³-hybridized carbons (Fsp3) is 0.933. The normalized spacial score (nSPS) is 12.5. The van der Waals surface area contributed by atoms with Crippen molar-refractivity contribution in [1.82, 2.24) is 5.32 Å². The maximum Gasteiger partial charge on any atom is 0.246 e. The molecule has 0 aromatic heterocycles. The molecule has 1 amide bonds. The van der Waals surface area contributed by atoms with Crippen LogP contribution in [0.4, 0.5) is 0 Å². The molecule has 5 nitrogen and oxygen atoms in total. The fourth-order valence-electron chi connectivity index (χ4n) is 1.24. The van der Waals surface area contributed by atoms with Gasteiger partial charge in [-0.05, 0) is 48.0 Å². The minimum absolute atomic E-state index is 0.0870. The van der Waals surface area contributed by atoms with Gasteiger partial charge in [-0.15, -0.1) is 0 Å². The molecule has 1 N–H and O–H groups in total. The van der Waals surface area contributed by atoms with E-state index in [0.717, 1.165) is 6.42 Å². The molecule has 0 radical (unpaired) electrons. The Balaban J connectivity index is 3.34. The molecule has 0 atom stereocenters. The molecule has 0 spiro atoms. The van der Waals surface area contributed by atoms with Crippen molar-refractivity contribution in [2.24, 2.45) is 0 Å². The minimum Gasteiger partial charge on any atom is -0.379 e. The largest absolute Gasteiger partial charge is 0.379 e. The highest BCUT2D eigenvalue weighted by atomic mass is 16.5. The molecule has 0 heterocycles. The van der Waals surface area contributed by atoms with E-state index in [2.05, 4.69) is 5.32 Å². The molecule has 0 rings (SSSR count). The van der Waals surface area contributed by atoms with Gasteiger partial charge in [-0.3, -0.25) is 4.79 Å². The van der Waals surface area contributed by atoms with E-state index in [4.69, 9.17) is 14.2 Å². The summed E-state index contributed by atoms with van der Waals surface area (Å²) in [6, 6.07) is 0. The minimum atomic E-state index is -0.284. The van der Waals surface area contributed by atoms with Crippen molar-refractivity contribution in [2.45, 2.75) is 59.2 Å². The van der Waals surface area contributed by atoms with Crippen molar-refractivity contribution in [3.63, 3.8) is 0 Å². The standard InChI is InChI=1S/C15H31NO4/c1-14(2,3)19-11-10-18-9-7-8-16-13(17)12-20-15(4,5)6/h7-12H2,1-6H3,(H,16,17). The van der Waals surface area contributed by atoms with Crippen LogP contribution in [0.15, 0.2) is 0 Å². The van der Waals surface area contributed by atoms with E-state index in [1.165, 1.54) is 0 Å². The number of amides is 1. The second-order valence-corrected chi connectivity index (χ2v) is 6.68. The number of hydrogen-bond donors (Lipinski definition) is 1. The number of ether oxygens (including phenoxy) is 3. The summed E-state index contributed by atoms with van der Waals surface area (Å²) in [5.74, 6) is -0.0870. The Morgan fingerprint density at radius 2 is 1.50 bits per heavy atom. The predicted molar refractivity (Wildman–Crippen MR) is 79.9 cm³/mol. The molecule has 0 aromatic carbocycles. The summed E-state index contributed by atoms with van der Waals surface area (Å²) in [5.41, 5.74) is -0.405. The van der Waals surface area contributed by atoms with E-state index < -0.39 is 0 Å². The second kappa shape index (κ2) is 9.32. The van der Waals surface area contributed by atoms with Crippen molar-refractivity contribution >= 4 is 5.91 Å². The molecule has 0 bridgehead atoms. The van der Waals surface area contributed by atoms with Crippen molar-refractivity contribution in [3.8, 4) is 0 Å². The van der Waals surface area contributed by atoms with Crippen LogP contribution >= 0.6 is 0 Å². The molecule has 0 aliphatic rings. The van der Waals surface area contributed by atoms with Gasteiger partial charge in [-0.2, -0.15) is 0 Å². The van der Waals surface area contributed by atoms with E-state index in [1.807, 2.05) is 41.5 Å². The van der Waals surface area contributed by atoms with Crippen LogP contribution in [0.3, 0.4) is 0 Å². The third-order valence-corrected chi connectivity index (χ3v) is 2.19. The molecule has 0 saturated heterocycles. The Labute approximate surface area is 123 Å². The first-order valence-electron chi connectivity index (χ1n) is 7.22. The first kappa shape index (κ1) is 19.4. The quantitative estimate of drug-likeness (QED) is 0.661. The second-order valence-electron chi connectivity index (χ2n) is 6.68. The summed E-state index contributed by atoms with van der Waals surface area (Å²) in [6.45, 7) is 14.3. The van der Waals surface area contributed by atoms with Gasteiger partial charge >= 0.3 is 0 Å². The molecule has 0 aliphatic carbocycles. The van der Waals surface area contributed by atoms with Crippen LogP contribution in [0.1, 0.15) is 48.0 Å². The number of carbonyl (C=O) groups is 1. The zero-order valence-electron chi connectivity index (χ0n) is 13.9. The van der Waals surface area contributed by atoms with Crippen LogP contribution in [0.2, 0.25) is 0 Å². The molecular formula is C15H31NO4. The van der Waals surface area contributed by atoms with E-state index in [9.17, 15) is 4.79 Å². The average Bonchev–Trinajstić information content (AvgIpc) is 2.27. The molecule has 5 heteroatoms. The fourth-order valence-corrected chi connectivity index (χ4v) is 1.24. The molecule has 20 heavy (non-hydrogen) atoms. The molecule has 120 valence electrons. The summed E-state index contributed by atoms with van der Waals surface area (Å²) < 4.78 is 16.3. The van der Waals surface area contributed by atoms with Gasteiger partial charge in [0, 0.05) is 13.2 Å². The lowest BCUT2D eigenvalue weighted by Gasteiger charge is -2.19. The summed E-state index contributed by atoms with van der Waals surface area (Å²) in [5, 5.41) is 2.80. The maximum absolute atomic E-state index is 11.4. The van der Waals surface area contributed by atoms with Crippen LogP contribution in [-0.2, 0) is 19.0 Å². The predicted octanol–water partition coefficient (Wildman–Crippen LogP) is 2.14. The Bertz CT molecular complexity index is 266. The monoisotopic (exact) mass is 289 g/mol. The van der Waals surface area contributed by atoms with Crippen LogP contribution in [0.5, 0.6) is 0 Å². The SMILES string of the molecule is CC(C)(C)OCCOCCCNC(=O)COC(C)(C)C. The Hall–Kier alpha value is -0.650. The van der Waals surface area contributed by atoms with Crippen LogP contribution in [0, 0.1) is 0 Å². The first-order valence-corrected chi connectivity index (χ1v) is 7.22. The van der Waals surface area contributed by atoms with E-state index in [-0.39, 0.29) is 23.7 Å². The molecule has 0 aliphatic heterocycles. The third-order valence-electron chi connectivity index (χ3n) is 2.19. The molecule has 0 unspecified atom stereocenters. The smallest absolute Gasteiger partial charge is 0.246 e. The van der Waals surface area contributed by atoms with Gasteiger partial charge < -0.3 is 19.5 Å². The van der Waals surface area contributed by atoms with Crippen molar-refractivity contribution in [2.75, 3.05) is 33.0 Å². The van der Waals surface area contributed by atoms with Crippen molar-refractivity contribution in [3.05, 3.63) is 0 Å². The zero-order chi connectivity index (χ0) is 15.6. The Kier molecular flexibility index (Phi) is 9.01. The van der Waals surface area contributed by atoms with Gasteiger partial charge in [0.05, 0.1) is 24.4 Å². The van der Waals surface area contributed by atoms with Gasteiger partial charge in [0.1, 0.15) is 6.61 Å². The first-order chi connectivity index (χ1) is 9.10. The highest BCUT2D eigenvalue weighted by molar-refractivity contribution is 5.77. The number of carbonyl (C=O) groups excluding carboxylic acids is 1. The van der Waals surface area contributed by atoms with Crippen LogP contribution in [-0.4, -0.2) is 50.1 Å². The van der Waals surface area contributed by atoms with Gasteiger partial charge in [0.25, 0.3) is 0 Å². The van der Waals surface area contributed by atoms with Gasteiger partial charge in [-0.1, -0.05) is 0 Å².